The summed E-state index contributed by atoms with van der Waals surface area (Å²) >= 11 is 18.4. The van der Waals surface area contributed by atoms with E-state index < -0.39 is 0 Å². The van der Waals surface area contributed by atoms with Crippen LogP contribution in [0.1, 0.15) is 15.9 Å². The number of carbonyl (C=O) groups is 1. The number of rotatable bonds is 3. The molecule has 0 aliphatic heterocycles. The van der Waals surface area contributed by atoms with Crippen molar-refractivity contribution in [1.29, 1.82) is 0 Å². The van der Waals surface area contributed by atoms with Crippen molar-refractivity contribution in [3.63, 3.8) is 0 Å². The summed E-state index contributed by atoms with van der Waals surface area (Å²) in [5.74, 6) is -0.165. The monoisotopic (exact) mass is 363 g/mol. The Bertz CT molecular complexity index is 899. The number of aryl methyl sites for hydroxylation is 1. The van der Waals surface area contributed by atoms with Gasteiger partial charge in [-0.05, 0) is 24.3 Å². The second kappa shape index (κ2) is 6.40. The van der Waals surface area contributed by atoms with E-state index in [4.69, 9.17) is 34.8 Å². The first kappa shape index (κ1) is 16.1. The van der Waals surface area contributed by atoms with Gasteiger partial charge in [-0.15, -0.1) is 0 Å². The van der Waals surface area contributed by atoms with Crippen molar-refractivity contribution < 1.29 is 4.79 Å². The number of ketones is 1. The number of hydrogen-bond donors (Lipinski definition) is 0. The lowest BCUT2D eigenvalue weighted by Crippen LogP contribution is -2.02. The van der Waals surface area contributed by atoms with Crippen molar-refractivity contribution >= 4 is 40.6 Å². The third kappa shape index (κ3) is 3.16. The summed E-state index contributed by atoms with van der Waals surface area (Å²) in [5.41, 5.74) is 2.54. The van der Waals surface area contributed by atoms with Gasteiger partial charge in [0.15, 0.2) is 5.78 Å². The maximum atomic E-state index is 12.9. The van der Waals surface area contributed by atoms with Gasteiger partial charge in [0.2, 0.25) is 0 Å². The van der Waals surface area contributed by atoms with Crippen LogP contribution < -0.4 is 0 Å². The molecule has 0 aliphatic rings. The molecule has 3 aromatic rings. The maximum Gasteiger partial charge on any atom is 0.196 e. The van der Waals surface area contributed by atoms with Crippen molar-refractivity contribution in [2.75, 3.05) is 0 Å². The molecule has 0 fully saturated rings. The van der Waals surface area contributed by atoms with Crippen molar-refractivity contribution in [1.82, 2.24) is 4.57 Å². The summed E-state index contributed by atoms with van der Waals surface area (Å²) in [6.07, 6.45) is 3.64. The quantitative estimate of drug-likeness (QED) is 0.532. The van der Waals surface area contributed by atoms with Gasteiger partial charge in [-0.1, -0.05) is 53.0 Å². The number of aromatic nitrogens is 1. The van der Waals surface area contributed by atoms with Gasteiger partial charge >= 0.3 is 0 Å². The fourth-order valence-corrected chi connectivity index (χ4v) is 3.21. The van der Waals surface area contributed by atoms with E-state index in [9.17, 15) is 4.79 Å². The molecule has 0 spiro atoms. The first-order valence-electron chi connectivity index (χ1n) is 6.88. The van der Waals surface area contributed by atoms with E-state index in [1.807, 2.05) is 36.0 Å². The highest BCUT2D eigenvalue weighted by molar-refractivity contribution is 6.38. The van der Waals surface area contributed by atoms with Gasteiger partial charge in [0.05, 0.1) is 5.02 Å². The van der Waals surface area contributed by atoms with E-state index in [-0.39, 0.29) is 5.78 Å². The van der Waals surface area contributed by atoms with Gasteiger partial charge in [0, 0.05) is 51.7 Å². The number of benzene rings is 2. The standard InChI is InChI=1S/C18H12Cl3NO/c1-22-9-14(12-4-2-3-5-16(12)20)15(10-22)18(23)13-7-6-11(19)8-17(13)21/h2-10H,1H3. The van der Waals surface area contributed by atoms with Crippen LogP contribution in [0.3, 0.4) is 0 Å². The zero-order valence-corrected chi connectivity index (χ0v) is 14.5. The van der Waals surface area contributed by atoms with Crippen molar-refractivity contribution in [3.8, 4) is 11.1 Å². The number of nitrogens with zero attached hydrogens (tertiary/aromatic N) is 1. The molecule has 5 heteroatoms. The van der Waals surface area contributed by atoms with E-state index in [1.54, 1.807) is 30.5 Å². The van der Waals surface area contributed by atoms with Crippen LogP contribution in [0.25, 0.3) is 11.1 Å². The molecule has 0 unspecified atom stereocenters. The summed E-state index contributed by atoms with van der Waals surface area (Å²) in [6, 6.07) is 12.3. The fourth-order valence-electron chi connectivity index (χ4n) is 2.48. The molecule has 1 aromatic heterocycles. The zero-order valence-electron chi connectivity index (χ0n) is 12.2. The lowest BCUT2D eigenvalue weighted by atomic mass is 9.98. The second-order valence-corrected chi connectivity index (χ2v) is 6.43. The Labute approximate surface area is 149 Å². The molecule has 116 valence electrons. The minimum Gasteiger partial charge on any atom is -0.356 e. The van der Waals surface area contributed by atoms with E-state index in [0.717, 1.165) is 11.1 Å². The fraction of sp³-hybridized carbons (Fsp3) is 0.0556. The van der Waals surface area contributed by atoms with Crippen molar-refractivity contribution in [3.05, 3.63) is 81.1 Å². The van der Waals surface area contributed by atoms with Crippen LogP contribution in [0, 0.1) is 0 Å². The SMILES string of the molecule is Cn1cc(C(=O)c2ccc(Cl)cc2Cl)c(-c2ccccc2Cl)c1. The highest BCUT2D eigenvalue weighted by Gasteiger charge is 2.20. The van der Waals surface area contributed by atoms with Crippen LogP contribution in [0.4, 0.5) is 0 Å². The predicted octanol–water partition coefficient (Wildman–Crippen LogP) is 5.88. The average molecular weight is 365 g/mol. The van der Waals surface area contributed by atoms with E-state index in [0.29, 0.717) is 26.2 Å². The van der Waals surface area contributed by atoms with Gasteiger partial charge in [-0.3, -0.25) is 4.79 Å². The Morgan fingerprint density at radius 3 is 2.30 bits per heavy atom. The Kier molecular flexibility index (Phi) is 4.49. The summed E-state index contributed by atoms with van der Waals surface area (Å²) in [5, 5.41) is 1.41. The second-order valence-electron chi connectivity index (χ2n) is 5.18. The number of hydrogen-bond acceptors (Lipinski definition) is 1. The zero-order chi connectivity index (χ0) is 16.6. The molecular weight excluding hydrogens is 353 g/mol. The highest BCUT2D eigenvalue weighted by atomic mass is 35.5. The first-order valence-corrected chi connectivity index (χ1v) is 8.01. The number of halogens is 3. The van der Waals surface area contributed by atoms with Crippen LogP contribution >= 0.6 is 34.8 Å². The topological polar surface area (TPSA) is 22.0 Å². The van der Waals surface area contributed by atoms with E-state index >= 15 is 0 Å². The summed E-state index contributed by atoms with van der Waals surface area (Å²) in [4.78, 5) is 12.9. The average Bonchev–Trinajstić information content (AvgIpc) is 2.89. The lowest BCUT2D eigenvalue weighted by Gasteiger charge is -2.07. The molecule has 0 aliphatic carbocycles. The smallest absolute Gasteiger partial charge is 0.196 e. The van der Waals surface area contributed by atoms with Crippen LogP contribution in [0.2, 0.25) is 15.1 Å². The Morgan fingerprint density at radius 2 is 1.61 bits per heavy atom. The summed E-state index contributed by atoms with van der Waals surface area (Å²) < 4.78 is 1.83. The molecule has 0 bridgehead atoms. The Balaban J connectivity index is 2.14. The molecule has 0 N–H and O–H groups in total. The van der Waals surface area contributed by atoms with E-state index in [1.165, 1.54) is 0 Å². The molecule has 0 saturated carbocycles. The normalized spacial score (nSPS) is 10.8. The Hall–Kier alpha value is -1.74. The van der Waals surface area contributed by atoms with Gasteiger partial charge in [0.25, 0.3) is 0 Å². The minimum atomic E-state index is -0.165. The summed E-state index contributed by atoms with van der Waals surface area (Å²) in [7, 11) is 1.86. The molecule has 1 heterocycles. The first-order chi connectivity index (χ1) is 11.0. The number of carbonyl (C=O) groups excluding carboxylic acids is 1. The van der Waals surface area contributed by atoms with Crippen LogP contribution in [-0.2, 0) is 7.05 Å². The molecule has 0 amide bonds. The lowest BCUT2D eigenvalue weighted by molar-refractivity contribution is 0.103. The molecule has 2 aromatic carbocycles. The van der Waals surface area contributed by atoms with Gasteiger partial charge in [-0.2, -0.15) is 0 Å². The van der Waals surface area contributed by atoms with Crippen LogP contribution in [0.15, 0.2) is 54.9 Å². The molecule has 2 nitrogen and oxygen atoms in total. The maximum absolute atomic E-state index is 12.9. The Morgan fingerprint density at radius 1 is 0.870 bits per heavy atom. The molecule has 0 radical (unpaired) electrons. The predicted molar refractivity (Wildman–Crippen MR) is 95.8 cm³/mol. The highest BCUT2D eigenvalue weighted by Crippen LogP contribution is 2.33. The molecule has 3 rings (SSSR count). The van der Waals surface area contributed by atoms with Gasteiger partial charge in [-0.25, -0.2) is 0 Å². The van der Waals surface area contributed by atoms with Crippen molar-refractivity contribution in [2.45, 2.75) is 0 Å². The molecule has 0 saturated heterocycles. The third-order valence-corrected chi connectivity index (χ3v) is 4.42. The van der Waals surface area contributed by atoms with Gasteiger partial charge in [0.1, 0.15) is 0 Å². The van der Waals surface area contributed by atoms with Crippen LogP contribution in [0.5, 0.6) is 0 Å². The molecule has 0 atom stereocenters. The largest absolute Gasteiger partial charge is 0.356 e. The van der Waals surface area contributed by atoms with Crippen molar-refractivity contribution in [2.24, 2.45) is 7.05 Å². The molecule has 23 heavy (non-hydrogen) atoms. The van der Waals surface area contributed by atoms with Gasteiger partial charge < -0.3 is 4.57 Å². The molecular formula is C18H12Cl3NO. The summed E-state index contributed by atoms with van der Waals surface area (Å²) in [6.45, 7) is 0. The minimum absolute atomic E-state index is 0.165. The van der Waals surface area contributed by atoms with Crippen LogP contribution in [-0.4, -0.2) is 10.4 Å². The van der Waals surface area contributed by atoms with E-state index in [2.05, 4.69) is 0 Å². The third-order valence-electron chi connectivity index (χ3n) is 3.54.